The van der Waals surface area contributed by atoms with Gasteiger partial charge in [-0.1, -0.05) is 44.5 Å². The maximum atomic E-state index is 13.2. The van der Waals surface area contributed by atoms with Crippen LogP contribution in [0.2, 0.25) is 0 Å². The normalized spacial score (nSPS) is 16.1. The van der Waals surface area contributed by atoms with Gasteiger partial charge < -0.3 is 4.98 Å². The number of nitrogens with one attached hydrogen (secondary N) is 1. The third kappa shape index (κ3) is 3.38. The van der Waals surface area contributed by atoms with Gasteiger partial charge in [-0.25, -0.2) is 8.42 Å². The van der Waals surface area contributed by atoms with Crippen molar-refractivity contribution in [3.63, 3.8) is 0 Å². The number of sulfonamides is 1. The van der Waals surface area contributed by atoms with Gasteiger partial charge in [0.15, 0.2) is 0 Å². The lowest BCUT2D eigenvalue weighted by Gasteiger charge is -2.22. The first kappa shape index (κ1) is 19.2. The van der Waals surface area contributed by atoms with Gasteiger partial charge in [-0.15, -0.1) is 0 Å². The molecule has 2 heterocycles. The van der Waals surface area contributed by atoms with Crippen LogP contribution in [0.3, 0.4) is 0 Å². The van der Waals surface area contributed by atoms with Crippen LogP contribution in [0.5, 0.6) is 0 Å². The van der Waals surface area contributed by atoms with Gasteiger partial charge in [0, 0.05) is 36.1 Å². The molecule has 2 aromatic carbocycles. The van der Waals surface area contributed by atoms with Gasteiger partial charge in [-0.05, 0) is 54.2 Å². The summed E-state index contributed by atoms with van der Waals surface area (Å²) in [5, 5.41) is 1.23. The fourth-order valence-corrected chi connectivity index (χ4v) is 5.46. The van der Waals surface area contributed by atoms with Crippen LogP contribution in [-0.2, 0) is 28.3 Å². The summed E-state index contributed by atoms with van der Waals surface area (Å²) in [6.45, 7) is 9.49. The fraction of sp³-hybridized carbons (Fsp3) is 0.391. The number of aromatic nitrogens is 1. The van der Waals surface area contributed by atoms with Gasteiger partial charge >= 0.3 is 0 Å². The lowest BCUT2D eigenvalue weighted by molar-refractivity contribution is 0.426. The second-order valence-electron chi connectivity index (χ2n) is 8.81. The Balaban J connectivity index is 1.61. The maximum Gasteiger partial charge on any atom is 0.243 e. The van der Waals surface area contributed by atoms with E-state index in [4.69, 9.17) is 0 Å². The van der Waals surface area contributed by atoms with Crippen LogP contribution < -0.4 is 0 Å². The predicted octanol–water partition coefficient (Wildman–Crippen LogP) is 4.56. The SMILES string of the molecule is Cc1ccc2[nH]c3c(c2c1)CCN(S(=O)(=O)c1ccc(C(C)(C)C)cc1)CC3. The van der Waals surface area contributed by atoms with Crippen molar-refractivity contribution in [1.82, 2.24) is 9.29 Å². The zero-order valence-electron chi connectivity index (χ0n) is 17.0. The highest BCUT2D eigenvalue weighted by molar-refractivity contribution is 7.89. The third-order valence-corrected chi connectivity index (χ3v) is 7.64. The average molecular weight is 397 g/mol. The summed E-state index contributed by atoms with van der Waals surface area (Å²) in [6, 6.07) is 13.8. The van der Waals surface area contributed by atoms with E-state index in [0.29, 0.717) is 24.4 Å². The van der Waals surface area contributed by atoms with E-state index in [1.807, 2.05) is 12.1 Å². The fourth-order valence-electron chi connectivity index (χ4n) is 4.02. The van der Waals surface area contributed by atoms with Gasteiger partial charge in [-0.2, -0.15) is 4.31 Å². The number of benzene rings is 2. The first-order chi connectivity index (χ1) is 13.2. The number of hydrogen-bond donors (Lipinski definition) is 1. The Kier molecular flexibility index (Phi) is 4.63. The molecule has 0 radical (unpaired) electrons. The minimum Gasteiger partial charge on any atom is -0.358 e. The zero-order valence-corrected chi connectivity index (χ0v) is 17.9. The number of fused-ring (bicyclic) bond motifs is 3. The molecular formula is C23H28N2O2S. The summed E-state index contributed by atoms with van der Waals surface area (Å²) in [5.41, 5.74) is 5.94. The summed E-state index contributed by atoms with van der Waals surface area (Å²) >= 11 is 0. The Morgan fingerprint density at radius 1 is 0.964 bits per heavy atom. The quantitative estimate of drug-likeness (QED) is 0.690. The van der Waals surface area contributed by atoms with Crippen molar-refractivity contribution in [2.24, 2.45) is 0 Å². The minimum absolute atomic E-state index is 0.00676. The Morgan fingerprint density at radius 3 is 2.32 bits per heavy atom. The van der Waals surface area contributed by atoms with E-state index >= 15 is 0 Å². The van der Waals surface area contributed by atoms with Crippen molar-refractivity contribution in [2.45, 2.75) is 50.8 Å². The summed E-state index contributed by atoms with van der Waals surface area (Å²) in [6.07, 6.45) is 1.44. The molecule has 5 heteroatoms. The average Bonchev–Trinajstić information content (AvgIpc) is 2.83. The zero-order chi connectivity index (χ0) is 20.1. The predicted molar refractivity (Wildman–Crippen MR) is 114 cm³/mol. The van der Waals surface area contributed by atoms with Crippen LogP contribution in [-0.4, -0.2) is 30.8 Å². The van der Waals surface area contributed by atoms with E-state index < -0.39 is 10.0 Å². The summed E-state index contributed by atoms with van der Waals surface area (Å²) < 4.78 is 28.0. The van der Waals surface area contributed by atoms with E-state index in [9.17, 15) is 8.42 Å². The van der Waals surface area contributed by atoms with Gasteiger partial charge in [-0.3, -0.25) is 0 Å². The van der Waals surface area contributed by atoms with Gasteiger partial charge in [0.2, 0.25) is 10.0 Å². The molecule has 148 valence electrons. The molecule has 3 aromatic rings. The molecule has 0 amide bonds. The van der Waals surface area contributed by atoms with Crippen molar-refractivity contribution in [3.8, 4) is 0 Å². The molecule has 4 nitrogen and oxygen atoms in total. The Hall–Kier alpha value is -2.11. The molecule has 0 fully saturated rings. The highest BCUT2D eigenvalue weighted by atomic mass is 32.2. The summed E-state index contributed by atoms with van der Waals surface area (Å²) in [7, 11) is -3.49. The topological polar surface area (TPSA) is 53.2 Å². The first-order valence-corrected chi connectivity index (χ1v) is 11.3. The van der Waals surface area contributed by atoms with Gasteiger partial charge in [0.25, 0.3) is 0 Å². The van der Waals surface area contributed by atoms with Crippen LogP contribution in [0, 0.1) is 6.92 Å². The van der Waals surface area contributed by atoms with Crippen molar-refractivity contribution in [2.75, 3.05) is 13.1 Å². The van der Waals surface area contributed by atoms with Crippen LogP contribution in [0.15, 0.2) is 47.4 Å². The van der Waals surface area contributed by atoms with E-state index in [1.54, 1.807) is 16.4 Å². The first-order valence-electron chi connectivity index (χ1n) is 9.87. The van der Waals surface area contributed by atoms with Crippen molar-refractivity contribution >= 4 is 20.9 Å². The number of H-pyrrole nitrogens is 1. The second-order valence-corrected chi connectivity index (χ2v) is 10.7. The molecule has 4 rings (SSSR count). The van der Waals surface area contributed by atoms with Gasteiger partial charge in [0.05, 0.1) is 4.90 Å². The van der Waals surface area contributed by atoms with Crippen molar-refractivity contribution < 1.29 is 8.42 Å². The lowest BCUT2D eigenvalue weighted by Crippen LogP contribution is -2.33. The molecule has 0 unspecified atom stereocenters. The van der Waals surface area contributed by atoms with Crippen molar-refractivity contribution in [3.05, 3.63) is 64.8 Å². The standard InChI is InChI=1S/C23H28N2O2S/c1-16-5-10-21-20(15-16)19-11-13-25(14-12-22(19)24-21)28(26,27)18-8-6-17(7-9-18)23(2,3)4/h5-10,15,24H,11-14H2,1-4H3. The van der Waals surface area contributed by atoms with Crippen LogP contribution in [0.1, 0.15) is 43.2 Å². The molecule has 0 saturated carbocycles. The molecule has 0 spiro atoms. The number of rotatable bonds is 2. The second kappa shape index (κ2) is 6.75. The number of aromatic amines is 1. The molecule has 1 N–H and O–H groups in total. The van der Waals surface area contributed by atoms with Crippen molar-refractivity contribution in [1.29, 1.82) is 0 Å². The number of nitrogens with zero attached hydrogens (tertiary/aromatic N) is 1. The highest BCUT2D eigenvalue weighted by Gasteiger charge is 2.28. The smallest absolute Gasteiger partial charge is 0.243 e. The largest absolute Gasteiger partial charge is 0.358 e. The highest BCUT2D eigenvalue weighted by Crippen LogP contribution is 2.29. The summed E-state index contributed by atoms with van der Waals surface area (Å²) in [5.74, 6) is 0. The van der Waals surface area contributed by atoms with E-state index in [2.05, 4.69) is 50.9 Å². The molecular weight excluding hydrogens is 368 g/mol. The third-order valence-electron chi connectivity index (χ3n) is 5.73. The number of hydrogen-bond acceptors (Lipinski definition) is 2. The molecule has 1 aliphatic heterocycles. The van der Waals surface area contributed by atoms with E-state index in [-0.39, 0.29) is 5.41 Å². The molecule has 28 heavy (non-hydrogen) atoms. The van der Waals surface area contributed by atoms with Crippen LogP contribution in [0.4, 0.5) is 0 Å². The van der Waals surface area contributed by atoms with E-state index in [0.717, 1.165) is 17.5 Å². The van der Waals surface area contributed by atoms with Gasteiger partial charge in [0.1, 0.15) is 0 Å². The molecule has 0 aliphatic carbocycles. The molecule has 0 atom stereocenters. The summed E-state index contributed by atoms with van der Waals surface area (Å²) in [4.78, 5) is 3.88. The molecule has 1 aliphatic rings. The lowest BCUT2D eigenvalue weighted by atomic mass is 9.87. The molecule has 1 aromatic heterocycles. The van der Waals surface area contributed by atoms with Crippen LogP contribution in [0.25, 0.3) is 10.9 Å². The minimum atomic E-state index is -3.49. The molecule has 0 bridgehead atoms. The Bertz CT molecular complexity index is 1120. The number of aryl methyl sites for hydroxylation is 1. The van der Waals surface area contributed by atoms with Crippen LogP contribution >= 0.6 is 0 Å². The monoisotopic (exact) mass is 396 g/mol. The maximum absolute atomic E-state index is 13.2. The Morgan fingerprint density at radius 2 is 1.64 bits per heavy atom. The Labute approximate surface area is 167 Å². The van der Waals surface area contributed by atoms with E-state index in [1.165, 1.54) is 22.2 Å². The molecule has 0 saturated heterocycles.